The Morgan fingerprint density at radius 1 is 1.17 bits per heavy atom. The van der Waals surface area contributed by atoms with Gasteiger partial charge < -0.3 is 19.5 Å². The fourth-order valence-corrected chi connectivity index (χ4v) is 3.95. The number of amides is 1. The average molecular weight is 316 g/mol. The number of benzene rings is 1. The van der Waals surface area contributed by atoms with Crippen LogP contribution >= 0.6 is 0 Å². The molecule has 2 fully saturated rings. The highest BCUT2D eigenvalue weighted by Crippen LogP contribution is 2.42. The Balaban J connectivity index is 1.94. The lowest BCUT2D eigenvalue weighted by molar-refractivity contribution is -0.312. The van der Waals surface area contributed by atoms with E-state index in [2.05, 4.69) is 0 Å². The predicted octanol–water partition coefficient (Wildman–Crippen LogP) is 1.67. The molecule has 2 atom stereocenters. The standard InChI is InChI=1S/C18H23NO4/c1-23-14-9-7-12(8-10-14)17-15(18(21)22)11-16(20)19(17)13-5-3-2-4-6-13/h7-10,13,15,17H,2-6,11H2,1H3,(H,21,22)/p-1/t15-,17-/m0/s1. The Labute approximate surface area is 136 Å². The number of carbonyl (C=O) groups excluding carboxylic acids is 2. The van der Waals surface area contributed by atoms with Crippen LogP contribution in [0.2, 0.25) is 0 Å². The van der Waals surface area contributed by atoms with Gasteiger partial charge in [-0.15, -0.1) is 0 Å². The monoisotopic (exact) mass is 316 g/mol. The fraction of sp³-hybridized carbons (Fsp3) is 0.556. The van der Waals surface area contributed by atoms with Gasteiger partial charge in [0.25, 0.3) is 0 Å². The maximum absolute atomic E-state index is 12.5. The summed E-state index contributed by atoms with van der Waals surface area (Å²) < 4.78 is 5.16. The Hall–Kier alpha value is -2.04. The molecule has 1 saturated carbocycles. The molecule has 23 heavy (non-hydrogen) atoms. The molecule has 1 aliphatic heterocycles. The molecule has 1 saturated heterocycles. The van der Waals surface area contributed by atoms with Crippen molar-refractivity contribution in [1.29, 1.82) is 0 Å². The van der Waals surface area contributed by atoms with Gasteiger partial charge in [-0.05, 0) is 30.5 Å². The molecule has 124 valence electrons. The number of methoxy groups -OCH3 is 1. The summed E-state index contributed by atoms with van der Waals surface area (Å²) in [5.74, 6) is -1.27. The van der Waals surface area contributed by atoms with E-state index >= 15 is 0 Å². The molecule has 0 bridgehead atoms. The molecule has 5 nitrogen and oxygen atoms in total. The van der Waals surface area contributed by atoms with E-state index < -0.39 is 17.9 Å². The zero-order valence-corrected chi connectivity index (χ0v) is 13.4. The molecule has 0 unspecified atom stereocenters. The van der Waals surface area contributed by atoms with E-state index in [0.717, 1.165) is 31.2 Å². The van der Waals surface area contributed by atoms with Crippen molar-refractivity contribution >= 4 is 11.9 Å². The minimum atomic E-state index is -1.14. The summed E-state index contributed by atoms with van der Waals surface area (Å²) in [6.45, 7) is 0. The summed E-state index contributed by atoms with van der Waals surface area (Å²) in [4.78, 5) is 25.9. The third-order valence-corrected chi connectivity index (χ3v) is 5.09. The Bertz CT molecular complexity index is 577. The number of carboxylic acids is 1. The number of likely N-dealkylation sites (tertiary alicyclic amines) is 1. The maximum atomic E-state index is 12.5. The van der Waals surface area contributed by atoms with Crippen molar-refractivity contribution in [3.8, 4) is 5.75 Å². The summed E-state index contributed by atoms with van der Waals surface area (Å²) in [6.07, 6.45) is 5.33. The Morgan fingerprint density at radius 3 is 2.39 bits per heavy atom. The molecule has 1 heterocycles. The fourth-order valence-electron chi connectivity index (χ4n) is 3.95. The molecule has 1 aromatic carbocycles. The second-order valence-corrected chi connectivity index (χ2v) is 6.44. The number of hydrogen-bond acceptors (Lipinski definition) is 4. The summed E-state index contributed by atoms with van der Waals surface area (Å²) >= 11 is 0. The molecule has 1 aliphatic carbocycles. The first-order chi connectivity index (χ1) is 11.1. The Kier molecular flexibility index (Phi) is 4.55. The van der Waals surface area contributed by atoms with Crippen LogP contribution in [0, 0.1) is 5.92 Å². The number of carboxylic acid groups (broad SMARTS) is 1. The van der Waals surface area contributed by atoms with Crippen LogP contribution in [0.15, 0.2) is 24.3 Å². The number of carbonyl (C=O) groups is 2. The van der Waals surface area contributed by atoms with E-state index in [9.17, 15) is 14.7 Å². The van der Waals surface area contributed by atoms with Crippen molar-refractivity contribution in [1.82, 2.24) is 4.90 Å². The van der Waals surface area contributed by atoms with Gasteiger partial charge in [0.05, 0.1) is 13.2 Å². The topological polar surface area (TPSA) is 69.7 Å². The molecule has 3 rings (SSSR count). The SMILES string of the molecule is COc1ccc([C@H]2[C@@H](C(=O)[O-])CC(=O)N2C2CCCCC2)cc1. The molecule has 1 aromatic rings. The highest BCUT2D eigenvalue weighted by atomic mass is 16.5. The lowest BCUT2D eigenvalue weighted by Gasteiger charge is -2.37. The van der Waals surface area contributed by atoms with Gasteiger partial charge >= 0.3 is 0 Å². The van der Waals surface area contributed by atoms with Crippen LogP contribution in [0.5, 0.6) is 5.75 Å². The minimum absolute atomic E-state index is 0.0372. The number of nitrogens with zero attached hydrogens (tertiary/aromatic N) is 1. The lowest BCUT2D eigenvalue weighted by atomic mass is 9.90. The van der Waals surface area contributed by atoms with Crippen LogP contribution in [-0.2, 0) is 9.59 Å². The molecule has 2 aliphatic rings. The number of aliphatic carboxylic acids is 1. The van der Waals surface area contributed by atoms with Gasteiger partial charge in [0.1, 0.15) is 5.75 Å². The van der Waals surface area contributed by atoms with Gasteiger partial charge in [0, 0.05) is 24.3 Å². The maximum Gasteiger partial charge on any atom is 0.224 e. The van der Waals surface area contributed by atoms with Crippen molar-refractivity contribution in [3.63, 3.8) is 0 Å². The summed E-state index contributed by atoms with van der Waals surface area (Å²) in [7, 11) is 1.59. The van der Waals surface area contributed by atoms with Gasteiger partial charge in [-0.2, -0.15) is 0 Å². The molecule has 0 N–H and O–H groups in total. The zero-order valence-electron chi connectivity index (χ0n) is 13.4. The molecule has 0 aromatic heterocycles. The minimum Gasteiger partial charge on any atom is -0.550 e. The summed E-state index contributed by atoms with van der Waals surface area (Å²) in [5.41, 5.74) is 0.844. The molecule has 0 spiro atoms. The quantitative estimate of drug-likeness (QED) is 0.847. The van der Waals surface area contributed by atoms with Gasteiger partial charge in [-0.25, -0.2) is 0 Å². The highest BCUT2D eigenvalue weighted by molar-refractivity contribution is 5.87. The van der Waals surface area contributed by atoms with Crippen molar-refractivity contribution in [2.24, 2.45) is 5.92 Å². The van der Waals surface area contributed by atoms with Crippen LogP contribution in [-0.4, -0.2) is 29.9 Å². The van der Waals surface area contributed by atoms with Gasteiger partial charge in [-0.1, -0.05) is 31.4 Å². The second-order valence-electron chi connectivity index (χ2n) is 6.44. The first-order valence-electron chi connectivity index (χ1n) is 8.28. The van der Waals surface area contributed by atoms with Crippen LogP contribution in [0.1, 0.15) is 50.1 Å². The molecule has 5 heteroatoms. The van der Waals surface area contributed by atoms with Crippen LogP contribution in [0.4, 0.5) is 0 Å². The predicted molar refractivity (Wildman–Crippen MR) is 82.6 cm³/mol. The first kappa shape index (κ1) is 15.8. The molecule has 1 amide bonds. The van der Waals surface area contributed by atoms with Crippen molar-refractivity contribution < 1.29 is 19.4 Å². The van der Waals surface area contributed by atoms with E-state index in [-0.39, 0.29) is 18.4 Å². The van der Waals surface area contributed by atoms with Crippen molar-refractivity contribution in [2.45, 2.75) is 50.6 Å². The van der Waals surface area contributed by atoms with Gasteiger partial charge in [0.2, 0.25) is 5.91 Å². The van der Waals surface area contributed by atoms with E-state index in [4.69, 9.17) is 4.74 Å². The van der Waals surface area contributed by atoms with E-state index in [1.54, 1.807) is 7.11 Å². The average Bonchev–Trinajstić information content (AvgIpc) is 2.93. The Morgan fingerprint density at radius 2 is 1.83 bits per heavy atom. The molecule has 0 radical (unpaired) electrons. The molecular weight excluding hydrogens is 294 g/mol. The van der Waals surface area contributed by atoms with Crippen molar-refractivity contribution in [2.75, 3.05) is 7.11 Å². The van der Waals surface area contributed by atoms with E-state index in [1.807, 2.05) is 29.2 Å². The van der Waals surface area contributed by atoms with Gasteiger partial charge in [-0.3, -0.25) is 4.79 Å². The van der Waals surface area contributed by atoms with Crippen molar-refractivity contribution in [3.05, 3.63) is 29.8 Å². The smallest absolute Gasteiger partial charge is 0.224 e. The van der Waals surface area contributed by atoms with Crippen LogP contribution in [0.25, 0.3) is 0 Å². The van der Waals surface area contributed by atoms with E-state index in [0.29, 0.717) is 5.75 Å². The van der Waals surface area contributed by atoms with E-state index in [1.165, 1.54) is 6.42 Å². The summed E-state index contributed by atoms with van der Waals surface area (Å²) in [6, 6.07) is 7.05. The summed E-state index contributed by atoms with van der Waals surface area (Å²) in [5, 5.41) is 11.6. The zero-order chi connectivity index (χ0) is 16.4. The first-order valence-corrected chi connectivity index (χ1v) is 8.28. The number of rotatable bonds is 4. The van der Waals surface area contributed by atoms with Gasteiger partial charge in [0.15, 0.2) is 0 Å². The van der Waals surface area contributed by atoms with Crippen LogP contribution < -0.4 is 9.84 Å². The van der Waals surface area contributed by atoms with Crippen LogP contribution in [0.3, 0.4) is 0 Å². The lowest BCUT2D eigenvalue weighted by Crippen LogP contribution is -2.42. The third-order valence-electron chi connectivity index (χ3n) is 5.09. The third kappa shape index (κ3) is 3.05. The normalized spacial score (nSPS) is 25.6. The largest absolute Gasteiger partial charge is 0.550 e. The molecular formula is C18H22NO4-. The number of ether oxygens (including phenoxy) is 1. The highest BCUT2D eigenvalue weighted by Gasteiger charge is 2.44. The number of hydrogen-bond donors (Lipinski definition) is 0. The second kappa shape index (κ2) is 6.60.